The largest absolute Gasteiger partial charge is 0.348 e. The summed E-state index contributed by atoms with van der Waals surface area (Å²) in [4.78, 5) is 12.5. The second kappa shape index (κ2) is 8.45. The second-order valence-corrected chi connectivity index (χ2v) is 8.61. The Balaban J connectivity index is 1.69. The predicted molar refractivity (Wildman–Crippen MR) is 111 cm³/mol. The van der Waals surface area contributed by atoms with Gasteiger partial charge in [0.05, 0.1) is 10.6 Å². The molecule has 0 atom stereocenters. The van der Waals surface area contributed by atoms with Crippen LogP contribution in [0.5, 0.6) is 0 Å². The van der Waals surface area contributed by atoms with E-state index in [9.17, 15) is 17.6 Å². The van der Waals surface area contributed by atoms with E-state index in [1.807, 2.05) is 6.92 Å². The Morgan fingerprint density at radius 3 is 2.10 bits per heavy atom. The minimum absolute atomic E-state index is 0.201. The van der Waals surface area contributed by atoms with E-state index in [-0.39, 0.29) is 23.2 Å². The van der Waals surface area contributed by atoms with Crippen LogP contribution < -0.4 is 9.62 Å². The number of carbonyl (C=O) groups excluding carboxylic acids is 1. The molecule has 3 rings (SSSR count). The lowest BCUT2D eigenvalue weighted by molar-refractivity contribution is 0.0951. The van der Waals surface area contributed by atoms with Crippen LogP contribution in [0.1, 0.15) is 21.5 Å². The van der Waals surface area contributed by atoms with Crippen LogP contribution in [0.25, 0.3) is 0 Å². The molecule has 0 spiro atoms. The maximum Gasteiger partial charge on any atom is 0.264 e. The normalized spacial score (nSPS) is 11.1. The van der Waals surface area contributed by atoms with Crippen LogP contribution in [0.4, 0.5) is 10.1 Å². The van der Waals surface area contributed by atoms with Crippen LogP contribution in [-0.4, -0.2) is 21.4 Å². The third kappa shape index (κ3) is 4.81. The van der Waals surface area contributed by atoms with E-state index in [0.717, 1.165) is 11.1 Å². The fourth-order valence-corrected chi connectivity index (χ4v) is 3.91. The molecule has 0 unspecified atom stereocenters. The molecule has 3 aromatic carbocycles. The number of sulfonamides is 1. The van der Waals surface area contributed by atoms with Crippen molar-refractivity contribution in [3.8, 4) is 0 Å². The summed E-state index contributed by atoms with van der Waals surface area (Å²) < 4.78 is 39.6. The average molecular weight is 412 g/mol. The zero-order valence-electron chi connectivity index (χ0n) is 16.1. The van der Waals surface area contributed by atoms with Gasteiger partial charge in [-0.2, -0.15) is 0 Å². The molecule has 0 aliphatic rings. The van der Waals surface area contributed by atoms with Crippen LogP contribution in [0.2, 0.25) is 0 Å². The molecule has 0 heterocycles. The fraction of sp³-hybridized carbons (Fsp3) is 0.136. The molecule has 1 amide bonds. The zero-order chi connectivity index (χ0) is 21.0. The summed E-state index contributed by atoms with van der Waals surface area (Å²) >= 11 is 0. The highest BCUT2D eigenvalue weighted by Crippen LogP contribution is 2.22. The van der Waals surface area contributed by atoms with Crippen molar-refractivity contribution in [1.82, 2.24) is 5.32 Å². The van der Waals surface area contributed by atoms with Crippen molar-refractivity contribution in [2.45, 2.75) is 18.4 Å². The van der Waals surface area contributed by atoms with E-state index in [0.29, 0.717) is 11.3 Å². The number of rotatable bonds is 6. The Morgan fingerprint density at radius 2 is 1.52 bits per heavy atom. The number of aryl methyl sites for hydroxylation is 1. The minimum Gasteiger partial charge on any atom is -0.348 e. The fourth-order valence-electron chi connectivity index (χ4n) is 2.72. The van der Waals surface area contributed by atoms with Gasteiger partial charge < -0.3 is 5.32 Å². The first-order valence-electron chi connectivity index (χ1n) is 8.96. The Kier molecular flexibility index (Phi) is 5.98. The van der Waals surface area contributed by atoms with E-state index in [4.69, 9.17) is 0 Å². The standard InChI is InChI=1S/C22H21FN2O3S/c1-16-3-13-21(14-4-16)29(27,28)25(2)20-11-7-18(8-12-20)22(26)24-15-17-5-9-19(23)10-6-17/h3-14H,15H2,1-2H3,(H,24,26). The summed E-state index contributed by atoms with van der Waals surface area (Å²) in [5, 5.41) is 2.75. The first-order valence-corrected chi connectivity index (χ1v) is 10.4. The number of hydrogen-bond acceptors (Lipinski definition) is 3. The van der Waals surface area contributed by atoms with Crippen LogP contribution in [-0.2, 0) is 16.6 Å². The molecule has 150 valence electrons. The van der Waals surface area contributed by atoms with Crippen LogP contribution >= 0.6 is 0 Å². The van der Waals surface area contributed by atoms with Crippen LogP contribution in [0.3, 0.4) is 0 Å². The van der Waals surface area contributed by atoms with Crippen molar-refractivity contribution in [2.75, 3.05) is 11.4 Å². The zero-order valence-corrected chi connectivity index (χ0v) is 16.9. The molecule has 3 aromatic rings. The number of nitrogens with one attached hydrogen (secondary N) is 1. The number of benzene rings is 3. The van der Waals surface area contributed by atoms with E-state index < -0.39 is 10.0 Å². The van der Waals surface area contributed by atoms with Gasteiger partial charge in [0.15, 0.2) is 0 Å². The van der Waals surface area contributed by atoms with Crippen molar-refractivity contribution < 1.29 is 17.6 Å². The molecule has 1 N–H and O–H groups in total. The molecule has 0 aromatic heterocycles. The Labute approximate surface area is 169 Å². The van der Waals surface area contributed by atoms with Gasteiger partial charge in [0, 0.05) is 19.2 Å². The molecule has 0 aliphatic carbocycles. The van der Waals surface area contributed by atoms with Gasteiger partial charge in [-0.25, -0.2) is 12.8 Å². The number of amides is 1. The number of halogens is 1. The lowest BCUT2D eigenvalue weighted by Crippen LogP contribution is -2.27. The van der Waals surface area contributed by atoms with Crippen molar-refractivity contribution in [3.05, 3.63) is 95.3 Å². The number of nitrogens with zero attached hydrogens (tertiary/aromatic N) is 1. The Morgan fingerprint density at radius 1 is 0.931 bits per heavy atom. The Hall–Kier alpha value is -3.19. The third-order valence-electron chi connectivity index (χ3n) is 4.54. The highest BCUT2D eigenvalue weighted by molar-refractivity contribution is 7.92. The molecule has 0 aliphatic heterocycles. The van der Waals surface area contributed by atoms with Gasteiger partial charge in [-0.3, -0.25) is 9.10 Å². The summed E-state index contributed by atoms with van der Waals surface area (Å²) in [5.74, 6) is -0.634. The molecular weight excluding hydrogens is 391 g/mol. The second-order valence-electron chi connectivity index (χ2n) is 6.64. The van der Waals surface area contributed by atoms with Gasteiger partial charge in [0.2, 0.25) is 0 Å². The average Bonchev–Trinajstić information content (AvgIpc) is 2.73. The van der Waals surface area contributed by atoms with Gasteiger partial charge in [0.1, 0.15) is 5.82 Å². The quantitative estimate of drug-likeness (QED) is 0.668. The lowest BCUT2D eigenvalue weighted by Gasteiger charge is -2.20. The predicted octanol–water partition coefficient (Wildman–Crippen LogP) is 3.89. The summed E-state index contributed by atoms with van der Waals surface area (Å²) in [7, 11) is -2.22. The molecule has 0 radical (unpaired) electrons. The Bertz CT molecular complexity index is 1090. The summed E-state index contributed by atoms with van der Waals surface area (Å²) in [6.45, 7) is 2.16. The lowest BCUT2D eigenvalue weighted by atomic mass is 10.1. The number of carbonyl (C=O) groups is 1. The number of hydrogen-bond donors (Lipinski definition) is 1. The maximum atomic E-state index is 12.9. The number of anilines is 1. The molecule has 0 saturated heterocycles. The van der Waals surface area contributed by atoms with E-state index in [1.54, 1.807) is 60.7 Å². The summed E-state index contributed by atoms with van der Waals surface area (Å²) in [6.07, 6.45) is 0. The van der Waals surface area contributed by atoms with Crippen molar-refractivity contribution in [2.24, 2.45) is 0 Å². The van der Waals surface area contributed by atoms with E-state index in [2.05, 4.69) is 5.32 Å². The van der Waals surface area contributed by atoms with Gasteiger partial charge in [-0.05, 0) is 61.0 Å². The highest BCUT2D eigenvalue weighted by atomic mass is 32.2. The van der Waals surface area contributed by atoms with Crippen molar-refractivity contribution >= 4 is 21.6 Å². The van der Waals surface area contributed by atoms with Gasteiger partial charge >= 0.3 is 0 Å². The monoisotopic (exact) mass is 412 g/mol. The first kappa shape index (κ1) is 20.5. The van der Waals surface area contributed by atoms with Gasteiger partial charge in [0.25, 0.3) is 15.9 Å². The molecule has 0 bridgehead atoms. The minimum atomic E-state index is -3.69. The van der Waals surface area contributed by atoms with Gasteiger partial charge in [-0.15, -0.1) is 0 Å². The van der Waals surface area contributed by atoms with Crippen LogP contribution in [0.15, 0.2) is 77.7 Å². The maximum absolute atomic E-state index is 12.9. The SMILES string of the molecule is Cc1ccc(S(=O)(=O)N(C)c2ccc(C(=O)NCc3ccc(F)cc3)cc2)cc1. The van der Waals surface area contributed by atoms with Gasteiger partial charge in [-0.1, -0.05) is 29.8 Å². The van der Waals surface area contributed by atoms with Crippen molar-refractivity contribution in [3.63, 3.8) is 0 Å². The topological polar surface area (TPSA) is 66.5 Å². The third-order valence-corrected chi connectivity index (χ3v) is 6.34. The first-order chi connectivity index (χ1) is 13.8. The summed E-state index contributed by atoms with van der Waals surface area (Å²) in [5.41, 5.74) is 2.60. The molecule has 0 saturated carbocycles. The highest BCUT2D eigenvalue weighted by Gasteiger charge is 2.21. The molecule has 0 fully saturated rings. The van der Waals surface area contributed by atoms with Crippen LogP contribution in [0, 0.1) is 12.7 Å². The van der Waals surface area contributed by atoms with E-state index >= 15 is 0 Å². The molecule has 5 nitrogen and oxygen atoms in total. The molecule has 29 heavy (non-hydrogen) atoms. The van der Waals surface area contributed by atoms with Crippen molar-refractivity contribution in [1.29, 1.82) is 0 Å². The molecule has 7 heteroatoms. The smallest absolute Gasteiger partial charge is 0.264 e. The summed E-state index contributed by atoms with van der Waals surface area (Å²) in [6, 6.07) is 18.8. The van der Waals surface area contributed by atoms with E-state index in [1.165, 1.54) is 23.5 Å². The molecular formula is C22H21FN2O3S.